The first-order valence-corrected chi connectivity index (χ1v) is 10.1. The highest BCUT2D eigenvalue weighted by Gasteiger charge is 2.25. The molecule has 1 aliphatic carbocycles. The highest BCUT2D eigenvalue weighted by molar-refractivity contribution is 7.91. The molecule has 0 aliphatic heterocycles. The van der Waals surface area contributed by atoms with E-state index in [0.29, 0.717) is 6.54 Å². The van der Waals surface area contributed by atoms with E-state index in [1.807, 2.05) is 6.07 Å². The first kappa shape index (κ1) is 18.6. The molecule has 26 heavy (non-hydrogen) atoms. The lowest BCUT2D eigenvalue weighted by atomic mass is 9.82. The van der Waals surface area contributed by atoms with Gasteiger partial charge in [-0.05, 0) is 60.7 Å². The summed E-state index contributed by atoms with van der Waals surface area (Å²) in [6.45, 7) is 2.16. The Bertz CT molecular complexity index is 940. The SMILES string of the molecule is CC(=O)N(C)C[C@@H]1CCCc2cc(S(=O)(=O)c3cccc(F)c3)ccc21. The minimum atomic E-state index is -3.75. The van der Waals surface area contributed by atoms with Gasteiger partial charge in [0.05, 0.1) is 9.79 Å². The van der Waals surface area contributed by atoms with Crippen molar-refractivity contribution in [1.29, 1.82) is 0 Å². The van der Waals surface area contributed by atoms with Crippen LogP contribution in [0.2, 0.25) is 0 Å². The number of hydrogen-bond acceptors (Lipinski definition) is 3. The average molecular weight is 375 g/mol. The van der Waals surface area contributed by atoms with Crippen LogP contribution in [0, 0.1) is 5.82 Å². The van der Waals surface area contributed by atoms with Crippen LogP contribution >= 0.6 is 0 Å². The normalized spacial score (nSPS) is 16.8. The van der Waals surface area contributed by atoms with Crippen LogP contribution in [0.25, 0.3) is 0 Å². The predicted molar refractivity (Wildman–Crippen MR) is 97.3 cm³/mol. The maximum atomic E-state index is 13.4. The van der Waals surface area contributed by atoms with Gasteiger partial charge >= 0.3 is 0 Å². The molecule has 2 aromatic carbocycles. The highest BCUT2D eigenvalue weighted by Crippen LogP contribution is 2.34. The summed E-state index contributed by atoms with van der Waals surface area (Å²) >= 11 is 0. The number of benzene rings is 2. The van der Waals surface area contributed by atoms with E-state index in [2.05, 4.69) is 0 Å². The summed E-state index contributed by atoms with van der Waals surface area (Å²) in [5.41, 5.74) is 2.10. The molecule has 1 atom stereocenters. The standard InChI is InChI=1S/C20H22FNO3S/c1-14(23)22(2)13-16-6-3-5-15-11-19(9-10-20(15)16)26(24,25)18-8-4-7-17(21)12-18/h4,7-12,16H,3,5-6,13H2,1-2H3/t16-/m0/s1. The van der Waals surface area contributed by atoms with Crippen LogP contribution in [-0.4, -0.2) is 32.8 Å². The number of amides is 1. The molecule has 0 radical (unpaired) electrons. The highest BCUT2D eigenvalue weighted by atomic mass is 32.2. The Labute approximate surface area is 153 Å². The topological polar surface area (TPSA) is 54.5 Å². The molecule has 1 aliphatic rings. The Balaban J connectivity index is 1.95. The van der Waals surface area contributed by atoms with Crippen LogP contribution in [-0.2, 0) is 21.1 Å². The second-order valence-electron chi connectivity index (χ2n) is 6.81. The van der Waals surface area contributed by atoms with E-state index in [1.165, 1.54) is 18.2 Å². The van der Waals surface area contributed by atoms with E-state index < -0.39 is 15.7 Å². The Morgan fingerprint density at radius 3 is 2.62 bits per heavy atom. The zero-order chi connectivity index (χ0) is 18.9. The lowest BCUT2D eigenvalue weighted by Crippen LogP contribution is -2.30. The smallest absolute Gasteiger partial charge is 0.219 e. The molecule has 0 unspecified atom stereocenters. The first-order chi connectivity index (χ1) is 12.3. The van der Waals surface area contributed by atoms with Crippen molar-refractivity contribution >= 4 is 15.7 Å². The van der Waals surface area contributed by atoms with Gasteiger partial charge in [0, 0.05) is 26.4 Å². The summed E-state index contributed by atoms with van der Waals surface area (Å²) in [6.07, 6.45) is 2.73. The van der Waals surface area contributed by atoms with Gasteiger partial charge in [0.1, 0.15) is 5.82 Å². The molecule has 3 rings (SSSR count). The summed E-state index contributed by atoms with van der Waals surface area (Å²) in [5.74, 6) is -0.350. The van der Waals surface area contributed by atoms with Gasteiger partial charge < -0.3 is 4.90 Å². The summed E-state index contributed by atoms with van der Waals surface area (Å²) in [7, 11) is -1.98. The van der Waals surface area contributed by atoms with E-state index in [1.54, 1.807) is 31.0 Å². The van der Waals surface area contributed by atoms with Crippen LogP contribution in [0.5, 0.6) is 0 Å². The van der Waals surface area contributed by atoms with Crippen molar-refractivity contribution in [2.24, 2.45) is 0 Å². The van der Waals surface area contributed by atoms with E-state index in [9.17, 15) is 17.6 Å². The summed E-state index contributed by atoms with van der Waals surface area (Å²) < 4.78 is 39.0. The van der Waals surface area contributed by atoms with E-state index in [4.69, 9.17) is 0 Å². The van der Waals surface area contributed by atoms with Gasteiger partial charge in [0.2, 0.25) is 15.7 Å². The molecule has 138 valence electrons. The van der Waals surface area contributed by atoms with Crippen molar-refractivity contribution in [3.05, 3.63) is 59.4 Å². The van der Waals surface area contributed by atoms with Crippen LogP contribution in [0.15, 0.2) is 52.3 Å². The van der Waals surface area contributed by atoms with Crippen molar-refractivity contribution in [3.8, 4) is 0 Å². The lowest BCUT2D eigenvalue weighted by Gasteiger charge is -2.29. The Kier molecular flexibility index (Phi) is 5.14. The quantitative estimate of drug-likeness (QED) is 0.821. The molecule has 0 bridgehead atoms. The van der Waals surface area contributed by atoms with Gasteiger partial charge in [-0.2, -0.15) is 0 Å². The fourth-order valence-electron chi connectivity index (χ4n) is 3.48. The third kappa shape index (κ3) is 3.65. The average Bonchev–Trinajstić information content (AvgIpc) is 2.61. The molecule has 6 heteroatoms. The zero-order valence-corrected chi connectivity index (χ0v) is 15.7. The fourth-order valence-corrected chi connectivity index (χ4v) is 4.82. The van der Waals surface area contributed by atoms with E-state index in [0.717, 1.165) is 36.5 Å². The number of nitrogens with zero attached hydrogens (tertiary/aromatic N) is 1. The van der Waals surface area contributed by atoms with Crippen molar-refractivity contribution in [1.82, 2.24) is 4.90 Å². The zero-order valence-electron chi connectivity index (χ0n) is 14.9. The minimum absolute atomic E-state index is 0.0161. The molecule has 0 spiro atoms. The third-order valence-corrected chi connectivity index (χ3v) is 6.75. The molecule has 0 N–H and O–H groups in total. The molecule has 4 nitrogen and oxygen atoms in total. The van der Waals surface area contributed by atoms with Crippen LogP contribution in [0.3, 0.4) is 0 Å². The van der Waals surface area contributed by atoms with Gasteiger partial charge in [-0.15, -0.1) is 0 Å². The first-order valence-electron chi connectivity index (χ1n) is 8.64. The number of aryl methyl sites for hydroxylation is 1. The summed E-state index contributed by atoms with van der Waals surface area (Å²) in [5, 5.41) is 0. The molecular weight excluding hydrogens is 353 g/mol. The van der Waals surface area contributed by atoms with Crippen molar-refractivity contribution in [3.63, 3.8) is 0 Å². The van der Waals surface area contributed by atoms with E-state index in [-0.39, 0.29) is 21.6 Å². The number of carbonyl (C=O) groups excluding carboxylic acids is 1. The largest absolute Gasteiger partial charge is 0.345 e. The van der Waals surface area contributed by atoms with Crippen molar-refractivity contribution < 1.29 is 17.6 Å². The maximum Gasteiger partial charge on any atom is 0.219 e. The number of hydrogen-bond donors (Lipinski definition) is 0. The molecule has 0 heterocycles. The van der Waals surface area contributed by atoms with Crippen molar-refractivity contribution in [2.75, 3.05) is 13.6 Å². The van der Waals surface area contributed by atoms with Crippen LogP contribution in [0.1, 0.15) is 36.8 Å². The molecule has 0 fully saturated rings. The molecule has 1 amide bonds. The lowest BCUT2D eigenvalue weighted by molar-refractivity contribution is -0.127. The molecule has 0 saturated heterocycles. The van der Waals surface area contributed by atoms with Gasteiger partial charge in [-0.1, -0.05) is 12.1 Å². The summed E-state index contributed by atoms with van der Waals surface area (Å²) in [4.78, 5) is 13.3. The minimum Gasteiger partial charge on any atom is -0.345 e. The van der Waals surface area contributed by atoms with Crippen LogP contribution in [0.4, 0.5) is 4.39 Å². The van der Waals surface area contributed by atoms with Gasteiger partial charge in [0.25, 0.3) is 0 Å². The molecule has 0 aromatic heterocycles. The molecular formula is C20H22FNO3S. The maximum absolute atomic E-state index is 13.4. The second kappa shape index (κ2) is 7.19. The number of fused-ring (bicyclic) bond motifs is 1. The number of carbonyl (C=O) groups is 1. The summed E-state index contributed by atoms with van der Waals surface area (Å²) in [6, 6.07) is 10.2. The Hall–Kier alpha value is -2.21. The van der Waals surface area contributed by atoms with Gasteiger partial charge in [0.15, 0.2) is 0 Å². The number of likely N-dealkylation sites (N-methyl/N-ethyl adjacent to an activating group) is 1. The number of rotatable bonds is 4. The van der Waals surface area contributed by atoms with E-state index >= 15 is 0 Å². The van der Waals surface area contributed by atoms with Gasteiger partial charge in [-0.3, -0.25) is 4.79 Å². The molecule has 2 aromatic rings. The van der Waals surface area contributed by atoms with Crippen molar-refractivity contribution in [2.45, 2.75) is 41.9 Å². The second-order valence-corrected chi connectivity index (χ2v) is 8.76. The number of sulfone groups is 1. The monoisotopic (exact) mass is 375 g/mol. The fraction of sp³-hybridized carbons (Fsp3) is 0.350. The third-order valence-electron chi connectivity index (χ3n) is 5.00. The Morgan fingerprint density at radius 1 is 1.19 bits per heavy atom. The van der Waals surface area contributed by atoms with Gasteiger partial charge in [-0.25, -0.2) is 12.8 Å². The Morgan fingerprint density at radius 2 is 1.92 bits per heavy atom. The number of halogens is 1. The predicted octanol–water partition coefficient (Wildman–Crippen LogP) is 3.56. The van der Waals surface area contributed by atoms with Crippen LogP contribution < -0.4 is 0 Å². The molecule has 0 saturated carbocycles.